The van der Waals surface area contributed by atoms with E-state index >= 15 is 0 Å². The number of nitriles is 1. The van der Waals surface area contributed by atoms with Gasteiger partial charge in [-0.3, -0.25) is 4.79 Å². The predicted octanol–water partition coefficient (Wildman–Crippen LogP) is 4.57. The van der Waals surface area contributed by atoms with Crippen LogP contribution in [0.1, 0.15) is 68.9 Å². The molecule has 1 aliphatic carbocycles. The lowest BCUT2D eigenvalue weighted by atomic mass is 9.79. The second-order valence-corrected chi connectivity index (χ2v) is 12.5. The summed E-state index contributed by atoms with van der Waals surface area (Å²) in [5, 5.41) is 12.5. The zero-order chi connectivity index (χ0) is 28.5. The number of likely N-dealkylation sites (tertiary alicyclic amines) is 1. The number of aromatic nitrogens is 2. The van der Waals surface area contributed by atoms with Crippen molar-refractivity contribution in [3.8, 4) is 11.8 Å². The summed E-state index contributed by atoms with van der Waals surface area (Å²) in [4.78, 5) is 38.0. The van der Waals surface area contributed by atoms with Crippen molar-refractivity contribution in [1.29, 1.82) is 5.26 Å². The van der Waals surface area contributed by atoms with E-state index in [-0.39, 0.29) is 29.6 Å². The molecule has 0 bridgehead atoms. The van der Waals surface area contributed by atoms with Gasteiger partial charge in [0.05, 0.1) is 29.1 Å². The predicted molar refractivity (Wildman–Crippen MR) is 149 cm³/mol. The van der Waals surface area contributed by atoms with Crippen LogP contribution in [0.15, 0.2) is 30.6 Å². The Morgan fingerprint density at radius 2 is 1.88 bits per heavy atom. The normalized spacial score (nSPS) is 21.9. The third-order valence-corrected chi connectivity index (χ3v) is 8.02. The van der Waals surface area contributed by atoms with Gasteiger partial charge >= 0.3 is 6.09 Å². The number of benzene rings is 1. The fourth-order valence-corrected chi connectivity index (χ4v) is 5.86. The van der Waals surface area contributed by atoms with Crippen molar-refractivity contribution >= 4 is 29.4 Å². The van der Waals surface area contributed by atoms with Gasteiger partial charge in [0.2, 0.25) is 0 Å². The zero-order valence-electron chi connectivity index (χ0n) is 23.2. The van der Waals surface area contributed by atoms with Gasteiger partial charge in [0.25, 0.3) is 5.91 Å². The fraction of sp³-hybridized carbons (Fsp3) is 0.552. The first-order valence-corrected chi connectivity index (χ1v) is 14.1. The molecular formula is C29H35ClN6O4. The van der Waals surface area contributed by atoms with E-state index in [0.717, 1.165) is 51.0 Å². The minimum Gasteiger partial charge on any atom is -0.490 e. The largest absolute Gasteiger partial charge is 0.490 e. The van der Waals surface area contributed by atoms with Gasteiger partial charge in [-0.2, -0.15) is 5.26 Å². The summed E-state index contributed by atoms with van der Waals surface area (Å²) < 4.78 is 11.5. The van der Waals surface area contributed by atoms with E-state index in [1.807, 2.05) is 26.8 Å². The minimum atomic E-state index is -0.499. The Kier molecular flexibility index (Phi) is 7.78. The molecule has 0 radical (unpaired) electrons. The standard InChI is InChI=1S/C29H35ClN6O4/c1-28(2,3)40-27(38)36-17-29(18-36)10-11-35(16-29)25-15-32-24(14-33-25)26(37)34-20-5-8-21(9-6-20)39-22-7-4-19(13-31)23(30)12-22/h4,7,12,14-15,20-21H,5-6,8-11,16-18H2,1-3H3,(H,34,37). The topological polar surface area (TPSA) is 121 Å². The SMILES string of the molecule is CC(C)(C)OC(=O)N1CC2(CCN(c3cnc(C(=O)NC4CCC(Oc5ccc(C#N)c(Cl)c5)CC4)cn3)C2)C1. The summed E-state index contributed by atoms with van der Waals surface area (Å²) in [5.41, 5.74) is 0.277. The number of hydrogen-bond donors (Lipinski definition) is 1. The molecule has 11 heteroatoms. The fourth-order valence-electron chi connectivity index (χ4n) is 5.65. The number of carbonyl (C=O) groups is 2. The molecule has 3 aliphatic rings. The van der Waals surface area contributed by atoms with E-state index in [4.69, 9.17) is 26.3 Å². The van der Waals surface area contributed by atoms with Crippen molar-refractivity contribution < 1.29 is 19.1 Å². The molecule has 2 amide bonds. The second-order valence-electron chi connectivity index (χ2n) is 12.1. The number of hydrogen-bond acceptors (Lipinski definition) is 8. The Bertz CT molecular complexity index is 1290. The van der Waals surface area contributed by atoms with Gasteiger partial charge in [-0.15, -0.1) is 0 Å². The minimum absolute atomic E-state index is 0.0341. The zero-order valence-corrected chi connectivity index (χ0v) is 23.9. The lowest BCUT2D eigenvalue weighted by molar-refractivity contribution is -0.0266. The van der Waals surface area contributed by atoms with Crippen LogP contribution in [0.3, 0.4) is 0 Å². The third kappa shape index (κ3) is 6.41. The Labute approximate surface area is 239 Å². The van der Waals surface area contributed by atoms with Crippen molar-refractivity contribution in [2.45, 2.75) is 70.6 Å². The lowest BCUT2D eigenvalue weighted by Gasteiger charge is -2.47. The lowest BCUT2D eigenvalue weighted by Crippen LogP contribution is -2.60. The number of anilines is 1. The second kappa shape index (κ2) is 11.1. The quantitative estimate of drug-likeness (QED) is 0.559. The Balaban J connectivity index is 1.06. The Morgan fingerprint density at radius 3 is 2.50 bits per heavy atom. The van der Waals surface area contributed by atoms with Gasteiger partial charge < -0.3 is 24.6 Å². The highest BCUT2D eigenvalue weighted by Gasteiger charge is 2.50. The molecule has 212 valence electrons. The smallest absolute Gasteiger partial charge is 0.410 e. The molecule has 1 aromatic heterocycles. The average Bonchev–Trinajstić information content (AvgIpc) is 3.34. The number of halogens is 1. The molecule has 0 atom stereocenters. The highest BCUT2D eigenvalue weighted by molar-refractivity contribution is 6.31. The first kappa shape index (κ1) is 28.0. The maximum atomic E-state index is 12.8. The molecule has 0 unspecified atom stereocenters. The Hall–Kier alpha value is -3.58. The maximum Gasteiger partial charge on any atom is 0.410 e. The number of nitrogens with one attached hydrogen (secondary N) is 1. The summed E-state index contributed by atoms with van der Waals surface area (Å²) in [6.07, 6.45) is 7.13. The van der Waals surface area contributed by atoms with Crippen LogP contribution in [0.2, 0.25) is 5.02 Å². The average molecular weight is 567 g/mol. The molecule has 2 aromatic rings. The molecule has 10 nitrogen and oxygen atoms in total. The van der Waals surface area contributed by atoms with Crippen LogP contribution in [-0.4, -0.2) is 70.8 Å². The van der Waals surface area contributed by atoms with Crippen LogP contribution in [0.5, 0.6) is 5.75 Å². The van der Waals surface area contributed by atoms with Crippen LogP contribution in [0, 0.1) is 16.7 Å². The number of nitrogens with zero attached hydrogens (tertiary/aromatic N) is 5. The van der Waals surface area contributed by atoms with Gasteiger partial charge in [0.15, 0.2) is 0 Å². The summed E-state index contributed by atoms with van der Waals surface area (Å²) in [6, 6.07) is 7.17. The van der Waals surface area contributed by atoms with Crippen LogP contribution in [0.25, 0.3) is 0 Å². The van der Waals surface area contributed by atoms with E-state index < -0.39 is 5.60 Å². The molecule has 5 rings (SSSR count). The van der Waals surface area contributed by atoms with E-state index in [9.17, 15) is 9.59 Å². The van der Waals surface area contributed by atoms with Crippen molar-refractivity contribution in [1.82, 2.24) is 20.2 Å². The number of carbonyl (C=O) groups excluding carboxylic acids is 2. The van der Waals surface area contributed by atoms with E-state index in [1.54, 1.807) is 29.3 Å². The molecule has 3 fully saturated rings. The van der Waals surface area contributed by atoms with Crippen molar-refractivity contribution in [3.63, 3.8) is 0 Å². The summed E-state index contributed by atoms with van der Waals surface area (Å²) >= 11 is 6.11. The molecule has 1 spiro atoms. The van der Waals surface area contributed by atoms with Crippen LogP contribution in [0.4, 0.5) is 10.6 Å². The van der Waals surface area contributed by atoms with Gasteiger partial charge in [0, 0.05) is 43.7 Å². The van der Waals surface area contributed by atoms with Gasteiger partial charge in [-0.25, -0.2) is 14.8 Å². The number of rotatable bonds is 5. The van der Waals surface area contributed by atoms with Gasteiger partial charge in [-0.05, 0) is 65.0 Å². The molecule has 2 saturated heterocycles. The first-order valence-electron chi connectivity index (χ1n) is 13.7. The monoisotopic (exact) mass is 566 g/mol. The molecule has 2 aliphatic heterocycles. The maximum absolute atomic E-state index is 12.8. The van der Waals surface area contributed by atoms with Crippen molar-refractivity contribution in [3.05, 3.63) is 46.9 Å². The summed E-state index contributed by atoms with van der Waals surface area (Å²) in [6.45, 7) is 8.61. The molecule has 1 aromatic carbocycles. The van der Waals surface area contributed by atoms with Crippen molar-refractivity contribution in [2.24, 2.45) is 5.41 Å². The highest BCUT2D eigenvalue weighted by Crippen LogP contribution is 2.41. The van der Waals surface area contributed by atoms with E-state index in [2.05, 4.69) is 20.2 Å². The van der Waals surface area contributed by atoms with Crippen molar-refractivity contribution in [2.75, 3.05) is 31.1 Å². The van der Waals surface area contributed by atoms with Gasteiger partial charge in [-0.1, -0.05) is 11.6 Å². The molecule has 40 heavy (non-hydrogen) atoms. The summed E-state index contributed by atoms with van der Waals surface area (Å²) in [7, 11) is 0. The highest BCUT2D eigenvalue weighted by atomic mass is 35.5. The van der Waals surface area contributed by atoms with E-state index in [0.29, 0.717) is 35.1 Å². The molecule has 1 saturated carbocycles. The Morgan fingerprint density at radius 1 is 1.12 bits per heavy atom. The van der Waals surface area contributed by atoms with Crippen LogP contribution in [-0.2, 0) is 4.74 Å². The first-order chi connectivity index (χ1) is 19.0. The van der Waals surface area contributed by atoms with Gasteiger partial charge in [0.1, 0.15) is 28.9 Å². The summed E-state index contributed by atoms with van der Waals surface area (Å²) in [5.74, 6) is 1.16. The van der Waals surface area contributed by atoms with Crippen LogP contribution >= 0.6 is 11.6 Å². The number of ether oxygens (including phenoxy) is 2. The molecule has 3 heterocycles. The van der Waals surface area contributed by atoms with Crippen LogP contribution < -0.4 is 15.0 Å². The van der Waals surface area contributed by atoms with E-state index in [1.165, 1.54) is 6.20 Å². The number of amides is 2. The third-order valence-electron chi connectivity index (χ3n) is 7.71. The molecule has 1 N–H and O–H groups in total. The molecular weight excluding hydrogens is 532 g/mol.